The fraction of sp³-hybridized carbons (Fsp3) is 0.0952. The van der Waals surface area contributed by atoms with E-state index in [1.54, 1.807) is 37.2 Å². The van der Waals surface area contributed by atoms with Gasteiger partial charge >= 0.3 is 0 Å². The van der Waals surface area contributed by atoms with E-state index in [1.807, 2.05) is 111 Å². The minimum atomic E-state index is -0.501. The van der Waals surface area contributed by atoms with Crippen LogP contribution in [0.15, 0.2) is 133 Å². The van der Waals surface area contributed by atoms with Crippen molar-refractivity contribution in [3.8, 4) is 0 Å². The SMILES string of the molecule is Cc1cc(I)ccc1Nc1ccc(Cl)cc1C(=O)N(C)c1ccccc1.Cc1cc(I)ccc1Nc1ccc([N+](=O)[O-])cc1C(=O)N(C)c1ccccc1. The Morgan fingerprint density at radius 3 is 1.43 bits per heavy atom. The largest absolute Gasteiger partial charge is 0.355 e. The average Bonchev–Trinajstić information content (AvgIpc) is 3.17. The fourth-order valence-electron chi connectivity index (χ4n) is 5.46. The quantitative estimate of drug-likeness (QED) is 0.0849. The number of non-ortho nitro benzene ring substituents is 1. The number of nitro groups is 1. The molecule has 274 valence electrons. The Labute approximate surface area is 346 Å². The lowest BCUT2D eigenvalue weighted by atomic mass is 10.1. The van der Waals surface area contributed by atoms with Gasteiger partial charge in [0.1, 0.15) is 0 Å². The molecule has 9 nitrogen and oxygen atoms in total. The summed E-state index contributed by atoms with van der Waals surface area (Å²) in [7, 11) is 3.41. The predicted octanol–water partition coefficient (Wildman–Crippen LogP) is 11.8. The van der Waals surface area contributed by atoms with E-state index in [9.17, 15) is 19.7 Å². The van der Waals surface area contributed by atoms with Crippen molar-refractivity contribution in [1.82, 2.24) is 0 Å². The van der Waals surface area contributed by atoms with Crippen LogP contribution in [-0.4, -0.2) is 30.8 Å². The number of nitro benzene ring substituents is 1. The molecule has 0 aliphatic carbocycles. The molecule has 0 aromatic heterocycles. The number of carbonyl (C=O) groups excluding carboxylic acids is 2. The summed E-state index contributed by atoms with van der Waals surface area (Å²) in [6.45, 7) is 4.01. The van der Waals surface area contributed by atoms with E-state index in [-0.39, 0.29) is 23.1 Å². The van der Waals surface area contributed by atoms with E-state index >= 15 is 0 Å². The average molecular weight is 964 g/mol. The van der Waals surface area contributed by atoms with Gasteiger partial charge in [0, 0.05) is 61.1 Å². The molecule has 2 amide bonds. The molecule has 6 aromatic rings. The molecule has 0 heterocycles. The van der Waals surface area contributed by atoms with Crippen LogP contribution in [0.3, 0.4) is 0 Å². The zero-order valence-corrected chi connectivity index (χ0v) is 34.9. The normalized spacial score (nSPS) is 10.4. The number of hydrogen-bond donors (Lipinski definition) is 2. The number of para-hydroxylation sites is 2. The van der Waals surface area contributed by atoms with E-state index < -0.39 is 4.92 Å². The number of nitrogens with one attached hydrogen (secondary N) is 2. The maximum Gasteiger partial charge on any atom is 0.270 e. The van der Waals surface area contributed by atoms with Crippen LogP contribution in [0.1, 0.15) is 31.8 Å². The van der Waals surface area contributed by atoms with E-state index in [0.29, 0.717) is 22.0 Å². The molecular weight excluding hydrogens is 928 g/mol. The number of amides is 2. The lowest BCUT2D eigenvalue weighted by Gasteiger charge is -2.20. The van der Waals surface area contributed by atoms with Gasteiger partial charge in [-0.15, -0.1) is 0 Å². The van der Waals surface area contributed by atoms with Gasteiger partial charge in [-0.05, 0) is 155 Å². The van der Waals surface area contributed by atoms with Crippen LogP contribution in [0, 0.1) is 31.1 Å². The molecule has 54 heavy (non-hydrogen) atoms. The summed E-state index contributed by atoms with van der Waals surface area (Å²) < 4.78 is 2.27. The van der Waals surface area contributed by atoms with E-state index in [4.69, 9.17) is 11.6 Å². The van der Waals surface area contributed by atoms with Crippen LogP contribution in [0.4, 0.5) is 39.8 Å². The number of benzene rings is 6. The van der Waals surface area contributed by atoms with E-state index in [1.165, 1.54) is 20.6 Å². The molecule has 2 N–H and O–H groups in total. The first-order chi connectivity index (χ1) is 25.8. The lowest BCUT2D eigenvalue weighted by Crippen LogP contribution is -2.27. The minimum absolute atomic E-state index is 0.121. The van der Waals surface area contributed by atoms with Gasteiger partial charge in [0.15, 0.2) is 0 Å². The standard InChI is InChI=1S/C21H18ClIN2O.C21H18IN3O3/c1-14-12-16(23)9-11-19(14)24-20-10-8-15(22)13-18(20)21(26)25(2)17-6-4-3-5-7-17;1-14-12-15(22)8-10-19(14)23-20-11-9-17(25(27)28)13-18(20)21(26)24(2)16-6-4-3-5-7-16/h3-13,24H,1-2H3;3-13,23H,1-2H3. The van der Waals surface area contributed by atoms with E-state index in [0.717, 1.165) is 37.4 Å². The minimum Gasteiger partial charge on any atom is -0.355 e. The Bertz CT molecular complexity index is 2310. The van der Waals surface area contributed by atoms with Crippen molar-refractivity contribution >= 4 is 108 Å². The van der Waals surface area contributed by atoms with Gasteiger partial charge in [-0.3, -0.25) is 19.7 Å². The Kier molecular flexibility index (Phi) is 13.7. The van der Waals surface area contributed by atoms with Gasteiger partial charge < -0.3 is 20.4 Å². The fourth-order valence-corrected chi connectivity index (χ4v) is 6.92. The van der Waals surface area contributed by atoms with E-state index in [2.05, 4.69) is 61.9 Å². The molecule has 12 heteroatoms. The molecule has 6 rings (SSSR count). The Morgan fingerprint density at radius 2 is 1.00 bits per heavy atom. The number of nitrogens with zero attached hydrogens (tertiary/aromatic N) is 3. The number of hydrogen-bond acceptors (Lipinski definition) is 6. The van der Waals surface area contributed by atoms with Gasteiger partial charge in [-0.2, -0.15) is 0 Å². The second-order valence-electron chi connectivity index (χ2n) is 12.2. The Hall–Kier alpha value is -4.99. The van der Waals surface area contributed by atoms with Crippen LogP contribution >= 0.6 is 56.8 Å². The predicted molar refractivity (Wildman–Crippen MR) is 237 cm³/mol. The molecule has 0 aliphatic rings. The summed E-state index contributed by atoms with van der Waals surface area (Å²) in [5.41, 5.74) is 7.34. The highest BCUT2D eigenvalue weighted by molar-refractivity contribution is 14.1. The van der Waals surface area contributed by atoms with Gasteiger partial charge in [0.05, 0.1) is 27.4 Å². The first-order valence-corrected chi connectivity index (χ1v) is 19.2. The summed E-state index contributed by atoms with van der Waals surface area (Å²) in [6, 6.07) is 40.3. The first kappa shape index (κ1) is 40.2. The monoisotopic (exact) mass is 963 g/mol. The zero-order chi connectivity index (χ0) is 38.9. The third kappa shape index (κ3) is 10.2. The molecule has 0 atom stereocenters. The molecule has 0 saturated carbocycles. The van der Waals surface area contributed by atoms with Gasteiger partial charge in [-0.1, -0.05) is 48.0 Å². The highest BCUT2D eigenvalue weighted by atomic mass is 127. The number of anilines is 6. The van der Waals surface area contributed by atoms with Crippen molar-refractivity contribution in [3.05, 3.63) is 178 Å². The highest BCUT2D eigenvalue weighted by Gasteiger charge is 2.22. The molecule has 0 saturated heterocycles. The number of aryl methyl sites for hydroxylation is 2. The van der Waals surface area contributed by atoms with Crippen molar-refractivity contribution in [2.45, 2.75) is 13.8 Å². The lowest BCUT2D eigenvalue weighted by molar-refractivity contribution is -0.384. The second kappa shape index (κ2) is 18.4. The van der Waals surface area contributed by atoms with Gasteiger partial charge in [0.25, 0.3) is 17.5 Å². The summed E-state index contributed by atoms with van der Waals surface area (Å²) in [5.74, 6) is -0.454. The van der Waals surface area contributed by atoms with Gasteiger partial charge in [-0.25, -0.2) is 0 Å². The van der Waals surface area contributed by atoms with Gasteiger partial charge in [0.2, 0.25) is 0 Å². The van der Waals surface area contributed by atoms with Crippen molar-refractivity contribution in [2.75, 3.05) is 34.5 Å². The smallest absolute Gasteiger partial charge is 0.270 e. The molecule has 0 radical (unpaired) electrons. The van der Waals surface area contributed by atoms with Crippen molar-refractivity contribution in [3.63, 3.8) is 0 Å². The van der Waals surface area contributed by atoms with Crippen LogP contribution in [0.5, 0.6) is 0 Å². The molecule has 0 unspecified atom stereocenters. The summed E-state index contributed by atoms with van der Waals surface area (Å²) in [6.07, 6.45) is 0. The zero-order valence-electron chi connectivity index (χ0n) is 29.8. The van der Waals surface area contributed by atoms with Crippen molar-refractivity contribution in [1.29, 1.82) is 0 Å². The molecule has 0 aliphatic heterocycles. The maximum atomic E-state index is 13.1. The van der Waals surface area contributed by atoms with Crippen LogP contribution in [-0.2, 0) is 0 Å². The molecular formula is C42H36ClI2N5O4. The number of halogens is 3. The summed E-state index contributed by atoms with van der Waals surface area (Å²) in [4.78, 5) is 40.0. The second-order valence-corrected chi connectivity index (χ2v) is 15.2. The molecule has 0 fully saturated rings. The van der Waals surface area contributed by atoms with Crippen molar-refractivity contribution < 1.29 is 14.5 Å². The third-order valence-electron chi connectivity index (χ3n) is 8.47. The first-order valence-electron chi connectivity index (χ1n) is 16.6. The Balaban J connectivity index is 0.000000208. The highest BCUT2D eigenvalue weighted by Crippen LogP contribution is 2.31. The Morgan fingerprint density at radius 1 is 0.593 bits per heavy atom. The summed E-state index contributed by atoms with van der Waals surface area (Å²) in [5, 5.41) is 18.4. The van der Waals surface area contributed by atoms with Crippen molar-refractivity contribution in [2.24, 2.45) is 0 Å². The molecule has 6 aromatic carbocycles. The molecule has 0 bridgehead atoms. The molecule has 0 spiro atoms. The summed E-state index contributed by atoms with van der Waals surface area (Å²) >= 11 is 10.7. The maximum absolute atomic E-state index is 13.1. The third-order valence-corrected chi connectivity index (χ3v) is 10.0. The topological polar surface area (TPSA) is 108 Å². The number of carbonyl (C=O) groups is 2. The van der Waals surface area contributed by atoms with Crippen LogP contribution < -0.4 is 20.4 Å². The van der Waals surface area contributed by atoms with Crippen LogP contribution in [0.2, 0.25) is 5.02 Å². The van der Waals surface area contributed by atoms with Crippen LogP contribution in [0.25, 0.3) is 0 Å². The number of rotatable bonds is 9.